The summed E-state index contributed by atoms with van der Waals surface area (Å²) in [6.45, 7) is 4.37. The van der Waals surface area contributed by atoms with Crippen molar-refractivity contribution in [1.29, 1.82) is 0 Å². The average molecular weight is 402 g/mol. The van der Waals surface area contributed by atoms with E-state index in [2.05, 4.69) is 48.7 Å². The molecule has 1 saturated carbocycles. The average Bonchev–Trinajstić information content (AvgIpc) is 3.02. The fourth-order valence-electron chi connectivity index (χ4n) is 4.21. The third kappa shape index (κ3) is 4.81. The normalized spacial score (nSPS) is 15.2. The lowest BCUT2D eigenvalue weighted by atomic mass is 10.0. The molecule has 0 saturated heterocycles. The fraction of sp³-hybridized carbons (Fsp3) is 0.385. The molecule has 0 spiro atoms. The van der Waals surface area contributed by atoms with Crippen molar-refractivity contribution in [1.82, 2.24) is 10.3 Å². The number of aromatic nitrogens is 1. The van der Waals surface area contributed by atoms with Crippen LogP contribution in [0.25, 0.3) is 10.9 Å². The summed E-state index contributed by atoms with van der Waals surface area (Å²) in [4.78, 5) is 17.9. The highest BCUT2D eigenvalue weighted by atomic mass is 16.1. The molecule has 0 atom stereocenters. The second-order valence-corrected chi connectivity index (χ2v) is 8.64. The summed E-state index contributed by atoms with van der Waals surface area (Å²) in [5.74, 6) is 1.19. The Hall–Kier alpha value is -2.88. The van der Waals surface area contributed by atoms with Gasteiger partial charge in [0.1, 0.15) is 5.82 Å². The summed E-state index contributed by atoms with van der Waals surface area (Å²) < 4.78 is 0. The molecule has 2 aromatic carbocycles. The number of hydrogen-bond acceptors (Lipinski definition) is 3. The van der Waals surface area contributed by atoms with Gasteiger partial charge in [-0.2, -0.15) is 0 Å². The molecule has 4 heteroatoms. The molecule has 1 amide bonds. The smallest absolute Gasteiger partial charge is 0.252 e. The van der Waals surface area contributed by atoms with Crippen molar-refractivity contribution < 1.29 is 4.79 Å². The molecule has 0 radical (unpaired) electrons. The number of amides is 1. The zero-order chi connectivity index (χ0) is 20.9. The van der Waals surface area contributed by atoms with Crippen LogP contribution in [0.3, 0.4) is 0 Å². The molecule has 0 unspecified atom stereocenters. The standard InChI is InChI=1S/C26H31N3O/c1-18(2)19-13-15-21(16-14-19)27-25-17-23(22-11-7-8-12-24(22)29-25)26(30)28-20-9-5-3-4-6-10-20/h7-8,11-18,20H,3-6,9-10H2,1-2H3,(H,27,29)(H,28,30). The maximum Gasteiger partial charge on any atom is 0.252 e. The zero-order valence-corrected chi connectivity index (χ0v) is 17.9. The summed E-state index contributed by atoms with van der Waals surface area (Å²) in [5.41, 5.74) is 3.78. The van der Waals surface area contributed by atoms with Crippen molar-refractivity contribution in [3.63, 3.8) is 0 Å². The van der Waals surface area contributed by atoms with Crippen molar-refractivity contribution >= 4 is 28.3 Å². The number of para-hydroxylation sites is 1. The van der Waals surface area contributed by atoms with Gasteiger partial charge in [0.25, 0.3) is 5.91 Å². The Morgan fingerprint density at radius 2 is 1.67 bits per heavy atom. The molecule has 30 heavy (non-hydrogen) atoms. The highest BCUT2D eigenvalue weighted by Crippen LogP contribution is 2.25. The maximum atomic E-state index is 13.2. The number of hydrogen-bond donors (Lipinski definition) is 2. The van der Waals surface area contributed by atoms with Gasteiger partial charge in [-0.25, -0.2) is 4.98 Å². The molecular weight excluding hydrogens is 370 g/mol. The first kappa shape index (κ1) is 20.4. The molecule has 1 aliphatic rings. The number of anilines is 2. The SMILES string of the molecule is CC(C)c1ccc(Nc2cc(C(=O)NC3CCCCCC3)c3ccccc3n2)cc1. The molecule has 1 aromatic heterocycles. The van der Waals surface area contributed by atoms with Crippen LogP contribution in [0.5, 0.6) is 0 Å². The first-order chi connectivity index (χ1) is 14.6. The van der Waals surface area contributed by atoms with Gasteiger partial charge in [-0.05, 0) is 48.6 Å². The van der Waals surface area contributed by atoms with Crippen molar-refractivity contribution in [3.8, 4) is 0 Å². The molecule has 3 aromatic rings. The molecule has 0 aliphatic heterocycles. The number of nitrogens with zero attached hydrogens (tertiary/aromatic N) is 1. The molecule has 0 bridgehead atoms. The van der Waals surface area contributed by atoms with Crippen LogP contribution in [0.4, 0.5) is 11.5 Å². The van der Waals surface area contributed by atoms with Crippen molar-refractivity contribution in [3.05, 3.63) is 65.7 Å². The van der Waals surface area contributed by atoms with E-state index in [-0.39, 0.29) is 11.9 Å². The van der Waals surface area contributed by atoms with E-state index in [0.29, 0.717) is 17.3 Å². The summed E-state index contributed by atoms with van der Waals surface area (Å²) >= 11 is 0. The molecule has 156 valence electrons. The predicted molar refractivity (Wildman–Crippen MR) is 125 cm³/mol. The van der Waals surface area contributed by atoms with Gasteiger partial charge in [0.05, 0.1) is 11.1 Å². The van der Waals surface area contributed by atoms with E-state index in [1.54, 1.807) is 0 Å². The molecule has 1 fully saturated rings. The van der Waals surface area contributed by atoms with Crippen LogP contribution in [0, 0.1) is 0 Å². The minimum atomic E-state index is -0.00120. The maximum absolute atomic E-state index is 13.2. The number of benzene rings is 2. The Kier molecular flexibility index (Phi) is 6.32. The van der Waals surface area contributed by atoms with E-state index in [1.807, 2.05) is 30.3 Å². The largest absolute Gasteiger partial charge is 0.349 e. The van der Waals surface area contributed by atoms with Gasteiger partial charge < -0.3 is 10.6 Å². The lowest BCUT2D eigenvalue weighted by Gasteiger charge is -2.18. The molecule has 2 N–H and O–H groups in total. The molecule has 4 nitrogen and oxygen atoms in total. The third-order valence-corrected chi connectivity index (χ3v) is 6.00. The number of nitrogens with one attached hydrogen (secondary N) is 2. The van der Waals surface area contributed by atoms with Gasteiger partial charge >= 0.3 is 0 Å². The Morgan fingerprint density at radius 3 is 2.37 bits per heavy atom. The number of carbonyl (C=O) groups is 1. The van der Waals surface area contributed by atoms with Crippen LogP contribution in [0.2, 0.25) is 0 Å². The molecule has 1 aliphatic carbocycles. The van der Waals surface area contributed by atoms with Gasteiger partial charge in [-0.1, -0.05) is 69.9 Å². The van der Waals surface area contributed by atoms with Gasteiger partial charge in [0, 0.05) is 17.1 Å². The monoisotopic (exact) mass is 401 g/mol. The van der Waals surface area contributed by atoms with Crippen LogP contribution < -0.4 is 10.6 Å². The van der Waals surface area contributed by atoms with E-state index >= 15 is 0 Å². The summed E-state index contributed by atoms with van der Waals surface area (Å²) in [5, 5.41) is 7.56. The van der Waals surface area contributed by atoms with Crippen molar-refractivity contribution in [2.75, 3.05) is 5.32 Å². The van der Waals surface area contributed by atoms with Crippen molar-refractivity contribution in [2.24, 2.45) is 0 Å². The summed E-state index contributed by atoms with van der Waals surface area (Å²) in [6, 6.07) is 18.4. The highest BCUT2D eigenvalue weighted by molar-refractivity contribution is 6.07. The topological polar surface area (TPSA) is 54.0 Å². The zero-order valence-electron chi connectivity index (χ0n) is 17.9. The van der Waals surface area contributed by atoms with Gasteiger partial charge in [-0.15, -0.1) is 0 Å². The lowest BCUT2D eigenvalue weighted by Crippen LogP contribution is -2.34. The number of carbonyl (C=O) groups excluding carboxylic acids is 1. The van der Waals surface area contributed by atoms with E-state index in [9.17, 15) is 4.79 Å². The highest BCUT2D eigenvalue weighted by Gasteiger charge is 2.18. The first-order valence-corrected chi connectivity index (χ1v) is 11.2. The second kappa shape index (κ2) is 9.29. The Bertz CT molecular complexity index is 1000. The number of rotatable bonds is 5. The van der Waals surface area contributed by atoms with Crippen LogP contribution in [0.1, 0.15) is 74.2 Å². The lowest BCUT2D eigenvalue weighted by molar-refractivity contribution is 0.0935. The molecule has 4 rings (SSSR count). The van der Waals surface area contributed by atoms with E-state index in [1.165, 1.54) is 31.2 Å². The summed E-state index contributed by atoms with van der Waals surface area (Å²) in [6.07, 6.45) is 7.08. The van der Waals surface area contributed by atoms with Gasteiger partial charge in [-0.3, -0.25) is 4.79 Å². The second-order valence-electron chi connectivity index (χ2n) is 8.64. The van der Waals surface area contributed by atoms with Crippen molar-refractivity contribution in [2.45, 2.75) is 64.3 Å². The van der Waals surface area contributed by atoms with Gasteiger partial charge in [0.2, 0.25) is 0 Å². The minimum Gasteiger partial charge on any atom is -0.349 e. The van der Waals surface area contributed by atoms with Crippen LogP contribution in [0.15, 0.2) is 54.6 Å². The van der Waals surface area contributed by atoms with E-state index < -0.39 is 0 Å². The fourth-order valence-corrected chi connectivity index (χ4v) is 4.21. The third-order valence-electron chi connectivity index (χ3n) is 6.00. The summed E-state index contributed by atoms with van der Waals surface area (Å²) in [7, 11) is 0. The molecule has 1 heterocycles. The Morgan fingerprint density at radius 1 is 0.967 bits per heavy atom. The quantitative estimate of drug-likeness (QED) is 0.476. The van der Waals surface area contributed by atoms with Gasteiger partial charge in [0.15, 0.2) is 0 Å². The first-order valence-electron chi connectivity index (χ1n) is 11.2. The Labute approximate surface area is 179 Å². The molecular formula is C26H31N3O. The van der Waals surface area contributed by atoms with E-state index in [0.717, 1.165) is 29.4 Å². The number of fused-ring (bicyclic) bond motifs is 1. The van der Waals surface area contributed by atoms with Crippen LogP contribution in [-0.4, -0.2) is 16.9 Å². The van der Waals surface area contributed by atoms with Crippen LogP contribution >= 0.6 is 0 Å². The predicted octanol–water partition coefficient (Wildman–Crippen LogP) is 6.55. The number of pyridine rings is 1. The Balaban J connectivity index is 1.61. The van der Waals surface area contributed by atoms with E-state index in [4.69, 9.17) is 4.98 Å². The van der Waals surface area contributed by atoms with Crippen LogP contribution in [-0.2, 0) is 0 Å². The minimum absolute atomic E-state index is 0.00120.